The summed E-state index contributed by atoms with van der Waals surface area (Å²) in [5.41, 5.74) is 0. The van der Waals surface area contributed by atoms with E-state index in [4.69, 9.17) is 18.3 Å². The third-order valence-corrected chi connectivity index (χ3v) is 18.8. The summed E-state index contributed by atoms with van der Waals surface area (Å²) in [6.07, 6.45) is 1.57. The maximum absolute atomic E-state index is 12.1. The fraction of sp³-hybridized carbons (Fsp3) is 0.964. The minimum Gasteiger partial charge on any atom is -0.413 e. The summed E-state index contributed by atoms with van der Waals surface area (Å²) in [4.78, 5) is 12.1. The van der Waals surface area contributed by atoms with Crippen LogP contribution < -0.4 is 0 Å². The lowest BCUT2D eigenvalue weighted by Gasteiger charge is -2.54. The van der Waals surface area contributed by atoms with E-state index in [0.717, 1.165) is 42.6 Å². The van der Waals surface area contributed by atoms with E-state index in [2.05, 4.69) is 69.2 Å². The van der Waals surface area contributed by atoms with Gasteiger partial charge in [0.15, 0.2) is 22.4 Å². The standard InChI is InChI=1S/C28H58O5Si2/c1-13-34(14-2,15-3)32-25-19-28(30-12,31-26(21(7)8)23(25)10)24(11)27(22(9)20-29)33-35(16-4,17-5)18-6/h20-27H,13-19H2,1-12H3/t22-,23-,24-,25+,26+,27+,28+/m0/s1. The van der Waals surface area contributed by atoms with Gasteiger partial charge in [0.1, 0.15) is 6.29 Å². The number of carbonyl (C=O) groups is 1. The Morgan fingerprint density at radius 3 is 1.77 bits per heavy atom. The van der Waals surface area contributed by atoms with Crippen LogP contribution in [-0.4, -0.2) is 54.1 Å². The van der Waals surface area contributed by atoms with Gasteiger partial charge in [-0.25, -0.2) is 0 Å². The summed E-state index contributed by atoms with van der Waals surface area (Å²) in [6, 6.07) is 6.51. The highest BCUT2D eigenvalue weighted by atomic mass is 28.4. The second-order valence-corrected chi connectivity index (χ2v) is 20.9. The number of carbonyl (C=O) groups excluding carboxylic acids is 1. The number of ether oxygens (including phenoxy) is 2. The fourth-order valence-electron chi connectivity index (χ4n) is 6.17. The van der Waals surface area contributed by atoms with Gasteiger partial charge in [0.25, 0.3) is 0 Å². The van der Waals surface area contributed by atoms with E-state index in [1.54, 1.807) is 7.11 Å². The molecule has 1 aliphatic rings. The maximum atomic E-state index is 12.1. The van der Waals surface area contributed by atoms with Crippen molar-refractivity contribution in [3.8, 4) is 0 Å². The summed E-state index contributed by atoms with van der Waals surface area (Å²) in [7, 11) is -2.01. The largest absolute Gasteiger partial charge is 0.413 e. The molecule has 7 heteroatoms. The van der Waals surface area contributed by atoms with E-state index in [9.17, 15) is 4.79 Å². The fourth-order valence-corrected chi connectivity index (χ4v) is 12.1. The summed E-state index contributed by atoms with van der Waals surface area (Å²) in [6.45, 7) is 24.5. The smallest absolute Gasteiger partial charge is 0.192 e. The van der Waals surface area contributed by atoms with Gasteiger partial charge < -0.3 is 23.1 Å². The van der Waals surface area contributed by atoms with Gasteiger partial charge in [-0.2, -0.15) is 0 Å². The van der Waals surface area contributed by atoms with Crippen molar-refractivity contribution in [1.82, 2.24) is 0 Å². The number of rotatable bonds is 16. The van der Waals surface area contributed by atoms with Gasteiger partial charge in [0.05, 0.1) is 18.3 Å². The van der Waals surface area contributed by atoms with Gasteiger partial charge in [0, 0.05) is 31.3 Å². The van der Waals surface area contributed by atoms with Crippen LogP contribution in [0.25, 0.3) is 0 Å². The zero-order valence-corrected chi connectivity index (χ0v) is 27.1. The van der Waals surface area contributed by atoms with Crippen molar-refractivity contribution >= 4 is 22.9 Å². The average Bonchev–Trinajstić information content (AvgIpc) is 2.88. The molecular weight excluding hydrogens is 472 g/mol. The van der Waals surface area contributed by atoms with Crippen LogP contribution in [0.15, 0.2) is 0 Å². The maximum Gasteiger partial charge on any atom is 0.192 e. The first kappa shape index (κ1) is 33.0. The second kappa shape index (κ2) is 14.2. The number of hydrogen-bond donors (Lipinski definition) is 0. The van der Waals surface area contributed by atoms with Crippen molar-refractivity contribution in [2.24, 2.45) is 23.7 Å². The molecule has 1 fully saturated rings. The first-order valence-corrected chi connectivity index (χ1v) is 19.5. The number of hydrogen-bond acceptors (Lipinski definition) is 5. The molecule has 1 heterocycles. The van der Waals surface area contributed by atoms with Crippen molar-refractivity contribution in [2.75, 3.05) is 7.11 Å². The highest BCUT2D eigenvalue weighted by molar-refractivity contribution is 6.74. The Kier molecular flexibility index (Phi) is 13.4. The Labute approximate surface area is 219 Å². The van der Waals surface area contributed by atoms with Crippen LogP contribution >= 0.6 is 0 Å². The molecule has 0 saturated carbocycles. The molecule has 0 amide bonds. The van der Waals surface area contributed by atoms with Crippen LogP contribution in [0.1, 0.15) is 82.6 Å². The van der Waals surface area contributed by atoms with Gasteiger partial charge >= 0.3 is 0 Å². The lowest BCUT2D eigenvalue weighted by molar-refractivity contribution is -0.334. The molecule has 1 saturated heterocycles. The van der Waals surface area contributed by atoms with Crippen molar-refractivity contribution < 1.29 is 23.1 Å². The Morgan fingerprint density at radius 1 is 0.914 bits per heavy atom. The summed E-state index contributed by atoms with van der Waals surface area (Å²) < 4.78 is 27.4. The molecule has 0 radical (unpaired) electrons. The Morgan fingerprint density at radius 2 is 1.40 bits per heavy atom. The van der Waals surface area contributed by atoms with Crippen molar-refractivity contribution in [2.45, 2.75) is 143 Å². The SMILES string of the molecule is CC[Si](CC)(CC)O[C@H]([C@@H](C)C=O)[C@H](C)[C@@]1(OC)C[C@@H](O[Si](CC)(CC)CC)[C@H](C)[C@@H](C(C)C)O1. The molecule has 35 heavy (non-hydrogen) atoms. The minimum atomic E-state index is -1.95. The molecular formula is C28H58O5Si2. The molecule has 1 rings (SSSR count). The molecule has 5 nitrogen and oxygen atoms in total. The first-order valence-electron chi connectivity index (χ1n) is 14.5. The van der Waals surface area contributed by atoms with Gasteiger partial charge in [-0.15, -0.1) is 0 Å². The normalized spacial score (nSPS) is 28.7. The lowest BCUT2D eigenvalue weighted by Crippen LogP contribution is -2.62. The van der Waals surface area contributed by atoms with Crippen LogP contribution in [0.2, 0.25) is 36.3 Å². The number of aldehydes is 1. The molecule has 0 bridgehead atoms. The summed E-state index contributed by atoms with van der Waals surface area (Å²) in [5.74, 6) is -0.579. The van der Waals surface area contributed by atoms with E-state index in [-0.39, 0.29) is 36.1 Å². The van der Waals surface area contributed by atoms with E-state index in [0.29, 0.717) is 12.3 Å². The number of methoxy groups -OCH3 is 1. The Balaban J connectivity index is 3.52. The Hall–Kier alpha value is -0.0562. The molecule has 0 N–H and O–H groups in total. The zero-order valence-electron chi connectivity index (χ0n) is 25.1. The van der Waals surface area contributed by atoms with Crippen molar-refractivity contribution in [3.05, 3.63) is 0 Å². The topological polar surface area (TPSA) is 54.0 Å². The van der Waals surface area contributed by atoms with Crippen molar-refractivity contribution in [1.29, 1.82) is 0 Å². The minimum absolute atomic E-state index is 0.0196. The van der Waals surface area contributed by atoms with Crippen molar-refractivity contribution in [3.63, 3.8) is 0 Å². The molecule has 208 valence electrons. The van der Waals surface area contributed by atoms with E-state index in [1.807, 2.05) is 6.92 Å². The third-order valence-electron chi connectivity index (χ3n) is 9.50. The molecule has 0 aromatic rings. The zero-order chi connectivity index (χ0) is 27.0. The Bertz CT molecular complexity index is 606. The van der Waals surface area contributed by atoms with E-state index in [1.165, 1.54) is 0 Å². The third kappa shape index (κ3) is 7.29. The molecule has 0 aromatic heterocycles. The molecule has 0 aromatic carbocycles. The molecule has 0 spiro atoms. The van der Waals surface area contributed by atoms with Crippen LogP contribution in [0.4, 0.5) is 0 Å². The average molecular weight is 531 g/mol. The van der Waals surface area contributed by atoms with Gasteiger partial charge in [-0.05, 0) is 42.2 Å². The van der Waals surface area contributed by atoms with Gasteiger partial charge in [-0.1, -0.05) is 76.2 Å². The van der Waals surface area contributed by atoms with Crippen LogP contribution in [0, 0.1) is 23.7 Å². The lowest BCUT2D eigenvalue weighted by atomic mass is 9.77. The second-order valence-electron chi connectivity index (χ2n) is 11.4. The van der Waals surface area contributed by atoms with Crippen LogP contribution in [-0.2, 0) is 23.1 Å². The van der Waals surface area contributed by atoms with Gasteiger partial charge in [0.2, 0.25) is 0 Å². The van der Waals surface area contributed by atoms with Crippen LogP contribution in [0.3, 0.4) is 0 Å². The van der Waals surface area contributed by atoms with E-state index < -0.39 is 22.4 Å². The predicted octanol–water partition coefficient (Wildman–Crippen LogP) is 7.66. The predicted molar refractivity (Wildman–Crippen MR) is 152 cm³/mol. The van der Waals surface area contributed by atoms with Gasteiger partial charge in [-0.3, -0.25) is 0 Å². The quantitative estimate of drug-likeness (QED) is 0.151. The molecule has 1 aliphatic heterocycles. The van der Waals surface area contributed by atoms with Crippen LogP contribution in [0.5, 0.6) is 0 Å². The highest BCUT2D eigenvalue weighted by Gasteiger charge is 2.55. The first-order chi connectivity index (χ1) is 16.4. The highest BCUT2D eigenvalue weighted by Crippen LogP contribution is 2.46. The molecule has 0 unspecified atom stereocenters. The molecule has 0 aliphatic carbocycles. The molecule has 7 atom stereocenters. The summed E-state index contributed by atoms with van der Waals surface area (Å²) in [5, 5.41) is 0. The summed E-state index contributed by atoms with van der Waals surface area (Å²) >= 11 is 0. The van der Waals surface area contributed by atoms with E-state index >= 15 is 0 Å². The monoisotopic (exact) mass is 530 g/mol.